The molecule has 1 aliphatic rings. The first-order chi connectivity index (χ1) is 13.0. The molecule has 142 valence electrons. The van der Waals surface area contributed by atoms with Crippen LogP contribution in [0.2, 0.25) is 0 Å². The Labute approximate surface area is 155 Å². The molecule has 0 spiro atoms. The molecule has 1 heterocycles. The first-order valence-corrected chi connectivity index (χ1v) is 8.46. The molecule has 0 fully saturated rings. The van der Waals surface area contributed by atoms with Gasteiger partial charge in [0.15, 0.2) is 6.79 Å². The number of hydrogen-bond acceptors (Lipinski definition) is 4. The highest BCUT2D eigenvalue weighted by atomic mass is 19.1. The summed E-state index contributed by atoms with van der Waals surface area (Å²) in [5, 5.41) is 5.40. The topological polar surface area (TPSA) is 103 Å². The molecule has 0 aromatic heterocycles. The molecule has 1 aliphatic heterocycles. The van der Waals surface area contributed by atoms with Crippen molar-refractivity contribution in [2.75, 3.05) is 18.7 Å². The van der Waals surface area contributed by atoms with Crippen LogP contribution in [0.5, 0.6) is 5.75 Å². The molecular weight excluding hydrogens is 353 g/mol. The molecule has 0 unspecified atom stereocenters. The fourth-order valence-corrected chi connectivity index (χ4v) is 2.90. The number of rotatable bonds is 6. The zero-order valence-corrected chi connectivity index (χ0v) is 14.6. The van der Waals surface area contributed by atoms with E-state index in [1.807, 2.05) is 0 Å². The maximum atomic E-state index is 13.7. The number of hydrogen-bond donors (Lipinski definition) is 3. The minimum Gasteiger partial charge on any atom is -0.467 e. The molecule has 27 heavy (non-hydrogen) atoms. The molecule has 2 aromatic carbocycles. The van der Waals surface area contributed by atoms with Crippen molar-refractivity contribution in [2.24, 2.45) is 5.73 Å². The molecule has 7 nitrogen and oxygen atoms in total. The average Bonchev–Trinajstić information content (AvgIpc) is 2.63. The predicted molar refractivity (Wildman–Crippen MR) is 96.7 cm³/mol. The van der Waals surface area contributed by atoms with E-state index in [-0.39, 0.29) is 25.6 Å². The zero-order chi connectivity index (χ0) is 19.2. The Kier molecular flexibility index (Phi) is 5.87. The number of amides is 3. The van der Waals surface area contributed by atoms with Crippen LogP contribution in [0, 0.1) is 5.82 Å². The largest absolute Gasteiger partial charge is 0.467 e. The summed E-state index contributed by atoms with van der Waals surface area (Å²) in [6.07, 6.45) is 0.432. The smallest absolute Gasteiger partial charge is 0.319 e. The summed E-state index contributed by atoms with van der Waals surface area (Å²) in [6.45, 7) is 0.699. The first-order valence-electron chi connectivity index (χ1n) is 8.46. The first kappa shape index (κ1) is 18.7. The highest BCUT2D eigenvalue weighted by Crippen LogP contribution is 2.29. The standard InChI is InChI=1S/C19H20FN3O4/c20-15-7-13(18-14(8-15)10-26-11-27-18)5-6-22-19(25)23-16-4-2-1-3-12(16)9-17(21)24/h1-4,7-8H,5-6,9-11H2,(H2,21,24)(H2,22,23,25). The number of carbonyl (C=O) groups is 2. The second kappa shape index (κ2) is 8.50. The number of anilines is 1. The number of urea groups is 1. The van der Waals surface area contributed by atoms with Gasteiger partial charge >= 0.3 is 6.03 Å². The molecule has 8 heteroatoms. The van der Waals surface area contributed by atoms with Crippen molar-refractivity contribution < 1.29 is 23.5 Å². The lowest BCUT2D eigenvalue weighted by Crippen LogP contribution is -2.31. The van der Waals surface area contributed by atoms with E-state index in [1.165, 1.54) is 12.1 Å². The minimum absolute atomic E-state index is 0.0330. The van der Waals surface area contributed by atoms with Gasteiger partial charge in [-0.2, -0.15) is 0 Å². The van der Waals surface area contributed by atoms with Crippen LogP contribution in [0.15, 0.2) is 36.4 Å². The average molecular weight is 373 g/mol. The second-order valence-electron chi connectivity index (χ2n) is 6.09. The van der Waals surface area contributed by atoms with Gasteiger partial charge in [0.05, 0.1) is 13.0 Å². The molecule has 0 bridgehead atoms. The van der Waals surface area contributed by atoms with Gasteiger partial charge in [-0.25, -0.2) is 9.18 Å². The monoisotopic (exact) mass is 373 g/mol. The highest BCUT2D eigenvalue weighted by Gasteiger charge is 2.17. The van der Waals surface area contributed by atoms with Gasteiger partial charge in [-0.15, -0.1) is 0 Å². The Morgan fingerprint density at radius 1 is 1.19 bits per heavy atom. The minimum atomic E-state index is -0.482. The maximum absolute atomic E-state index is 13.7. The summed E-state index contributed by atoms with van der Waals surface area (Å²) in [5.41, 5.74) is 7.68. The molecule has 3 amide bonds. The summed E-state index contributed by atoms with van der Waals surface area (Å²) >= 11 is 0. The van der Waals surface area contributed by atoms with Crippen molar-refractivity contribution in [3.8, 4) is 5.75 Å². The van der Waals surface area contributed by atoms with E-state index in [9.17, 15) is 14.0 Å². The predicted octanol–water partition coefficient (Wildman–Crippen LogP) is 2.08. The number of ether oxygens (including phenoxy) is 2. The van der Waals surface area contributed by atoms with Crippen molar-refractivity contribution >= 4 is 17.6 Å². The summed E-state index contributed by atoms with van der Waals surface area (Å²) in [7, 11) is 0. The maximum Gasteiger partial charge on any atom is 0.319 e. The van der Waals surface area contributed by atoms with Gasteiger partial charge in [0.25, 0.3) is 0 Å². The van der Waals surface area contributed by atoms with Gasteiger partial charge in [-0.05, 0) is 35.7 Å². The van der Waals surface area contributed by atoms with Crippen LogP contribution < -0.4 is 21.1 Å². The number of nitrogens with one attached hydrogen (secondary N) is 2. The van der Waals surface area contributed by atoms with Crippen molar-refractivity contribution in [1.82, 2.24) is 5.32 Å². The number of para-hydroxylation sites is 1. The Morgan fingerprint density at radius 3 is 2.81 bits per heavy atom. The number of benzene rings is 2. The van der Waals surface area contributed by atoms with E-state index >= 15 is 0 Å². The number of primary amides is 1. The summed E-state index contributed by atoms with van der Waals surface area (Å²) < 4.78 is 24.3. The van der Waals surface area contributed by atoms with Crippen LogP contribution in [-0.4, -0.2) is 25.3 Å². The van der Waals surface area contributed by atoms with E-state index in [0.29, 0.717) is 41.2 Å². The van der Waals surface area contributed by atoms with E-state index < -0.39 is 11.9 Å². The Morgan fingerprint density at radius 2 is 2.00 bits per heavy atom. The quantitative estimate of drug-likeness (QED) is 0.721. The summed E-state index contributed by atoms with van der Waals surface area (Å²) in [4.78, 5) is 23.3. The molecule has 2 aromatic rings. The van der Waals surface area contributed by atoms with Gasteiger partial charge in [0.2, 0.25) is 5.91 Å². The lowest BCUT2D eigenvalue weighted by molar-refractivity contribution is -0.117. The van der Waals surface area contributed by atoms with Crippen molar-refractivity contribution in [3.63, 3.8) is 0 Å². The fourth-order valence-electron chi connectivity index (χ4n) is 2.90. The van der Waals surface area contributed by atoms with Gasteiger partial charge in [0.1, 0.15) is 11.6 Å². The summed E-state index contributed by atoms with van der Waals surface area (Å²) in [5.74, 6) is -0.246. The number of nitrogens with two attached hydrogens (primary N) is 1. The normalized spacial score (nSPS) is 12.6. The van der Waals surface area contributed by atoms with Crippen LogP contribution in [0.25, 0.3) is 0 Å². The Hall–Kier alpha value is -3.13. The number of fused-ring (bicyclic) bond motifs is 1. The molecule has 0 aliphatic carbocycles. The van der Waals surface area contributed by atoms with Gasteiger partial charge in [0, 0.05) is 17.8 Å². The number of carbonyl (C=O) groups excluding carboxylic acids is 2. The van der Waals surface area contributed by atoms with E-state index in [0.717, 1.165) is 0 Å². The SMILES string of the molecule is NC(=O)Cc1ccccc1NC(=O)NCCc1cc(F)cc2c1OCOC2. The molecule has 0 atom stereocenters. The third kappa shape index (κ3) is 4.95. The van der Waals surface area contributed by atoms with Gasteiger partial charge < -0.3 is 25.8 Å². The molecular formula is C19H20FN3O4. The van der Waals surface area contributed by atoms with Crippen molar-refractivity contribution in [2.45, 2.75) is 19.4 Å². The highest BCUT2D eigenvalue weighted by molar-refractivity contribution is 5.91. The van der Waals surface area contributed by atoms with Gasteiger partial charge in [-0.3, -0.25) is 4.79 Å². The van der Waals surface area contributed by atoms with Crippen LogP contribution in [0.4, 0.5) is 14.9 Å². The van der Waals surface area contributed by atoms with E-state index in [2.05, 4.69) is 10.6 Å². The molecule has 3 rings (SSSR count). The molecule has 0 saturated heterocycles. The molecule has 0 saturated carbocycles. The fraction of sp³-hybridized carbons (Fsp3) is 0.263. The lowest BCUT2D eigenvalue weighted by atomic mass is 10.1. The van der Waals surface area contributed by atoms with Crippen LogP contribution in [-0.2, 0) is 29.0 Å². The van der Waals surface area contributed by atoms with E-state index in [1.54, 1.807) is 24.3 Å². The van der Waals surface area contributed by atoms with Crippen molar-refractivity contribution in [1.29, 1.82) is 0 Å². The third-order valence-electron chi connectivity index (χ3n) is 4.06. The molecule has 4 N–H and O–H groups in total. The summed E-state index contributed by atoms with van der Waals surface area (Å²) in [6, 6.07) is 9.27. The third-order valence-corrected chi connectivity index (χ3v) is 4.06. The van der Waals surface area contributed by atoms with E-state index in [4.69, 9.17) is 15.2 Å². The number of halogens is 1. The van der Waals surface area contributed by atoms with Crippen LogP contribution in [0.3, 0.4) is 0 Å². The zero-order valence-electron chi connectivity index (χ0n) is 14.6. The van der Waals surface area contributed by atoms with Crippen LogP contribution in [0.1, 0.15) is 16.7 Å². The Bertz CT molecular complexity index is 857. The van der Waals surface area contributed by atoms with Crippen molar-refractivity contribution in [3.05, 3.63) is 58.9 Å². The Balaban J connectivity index is 1.58. The molecule has 0 radical (unpaired) electrons. The van der Waals surface area contributed by atoms with Gasteiger partial charge in [-0.1, -0.05) is 18.2 Å². The van der Waals surface area contributed by atoms with Crippen LogP contribution >= 0.6 is 0 Å². The second-order valence-corrected chi connectivity index (χ2v) is 6.09. The lowest BCUT2D eigenvalue weighted by Gasteiger charge is -2.21.